The molecule has 0 radical (unpaired) electrons. The van der Waals surface area contributed by atoms with Crippen LogP contribution in [0.1, 0.15) is 22.3 Å². The molecule has 7 heteroatoms. The number of nitrogens with zero attached hydrogens (tertiary/aromatic N) is 1. The maximum atomic E-state index is 12.4. The first kappa shape index (κ1) is 18.7. The van der Waals surface area contributed by atoms with Gasteiger partial charge in [0.15, 0.2) is 0 Å². The van der Waals surface area contributed by atoms with E-state index in [2.05, 4.69) is 11.9 Å². The maximum Gasteiger partial charge on any atom is 0.406 e. The second-order valence-corrected chi connectivity index (χ2v) is 5.00. The van der Waals surface area contributed by atoms with E-state index in [1.807, 2.05) is 0 Å². The van der Waals surface area contributed by atoms with Crippen molar-refractivity contribution in [1.29, 1.82) is 0 Å². The van der Waals surface area contributed by atoms with Crippen molar-refractivity contribution in [3.63, 3.8) is 0 Å². The Kier molecular flexibility index (Phi) is 6.81. The maximum absolute atomic E-state index is 12.4. The van der Waals surface area contributed by atoms with Crippen molar-refractivity contribution in [3.05, 3.63) is 48.0 Å². The zero-order chi connectivity index (χ0) is 17.5. The molecular formula is C16H19F3N2O2. The third-order valence-corrected chi connectivity index (χ3v) is 3.09. The van der Waals surface area contributed by atoms with E-state index in [0.29, 0.717) is 10.5 Å². The Morgan fingerprint density at radius 2 is 1.96 bits per heavy atom. The van der Waals surface area contributed by atoms with E-state index >= 15 is 0 Å². The highest BCUT2D eigenvalue weighted by Gasteiger charge is 2.32. The van der Waals surface area contributed by atoms with E-state index in [1.165, 1.54) is 6.08 Å². The van der Waals surface area contributed by atoms with Gasteiger partial charge in [-0.15, -0.1) is 6.58 Å². The molecule has 1 aromatic carbocycles. The summed E-state index contributed by atoms with van der Waals surface area (Å²) in [6, 6.07) is 6.91. The number of rotatable bonds is 7. The van der Waals surface area contributed by atoms with Gasteiger partial charge >= 0.3 is 6.18 Å². The molecule has 0 fully saturated rings. The smallest absolute Gasteiger partial charge is 0.352 e. The number of carbonyl (C=O) groups is 2. The number of alkyl halides is 3. The molecule has 1 rings (SSSR count). The van der Waals surface area contributed by atoms with Crippen LogP contribution in [-0.2, 0) is 4.79 Å². The quantitative estimate of drug-likeness (QED) is 0.783. The lowest BCUT2D eigenvalue weighted by Gasteiger charge is -2.22. The fourth-order valence-electron chi connectivity index (χ4n) is 1.99. The van der Waals surface area contributed by atoms with Crippen molar-refractivity contribution in [2.45, 2.75) is 19.5 Å². The monoisotopic (exact) mass is 328 g/mol. The highest BCUT2D eigenvalue weighted by molar-refractivity contribution is 5.95. The Labute approximate surface area is 133 Å². The van der Waals surface area contributed by atoms with Crippen molar-refractivity contribution in [1.82, 2.24) is 10.2 Å². The lowest BCUT2D eigenvalue weighted by Crippen LogP contribution is -2.40. The van der Waals surface area contributed by atoms with Crippen LogP contribution in [0.5, 0.6) is 0 Å². The SMILES string of the molecule is C=CCN(CC(F)(F)F)C(=O)CCNC(=O)c1ccccc1C. The van der Waals surface area contributed by atoms with Gasteiger partial charge in [-0.05, 0) is 18.6 Å². The van der Waals surface area contributed by atoms with E-state index in [4.69, 9.17) is 0 Å². The number of amides is 2. The van der Waals surface area contributed by atoms with Gasteiger partial charge in [0.25, 0.3) is 5.91 Å². The molecule has 0 atom stereocenters. The van der Waals surface area contributed by atoms with Crippen LogP contribution < -0.4 is 5.32 Å². The van der Waals surface area contributed by atoms with Gasteiger partial charge in [-0.25, -0.2) is 0 Å². The Balaban J connectivity index is 2.53. The molecule has 0 bridgehead atoms. The van der Waals surface area contributed by atoms with Gasteiger partial charge < -0.3 is 10.2 Å². The number of halogens is 3. The summed E-state index contributed by atoms with van der Waals surface area (Å²) in [6.07, 6.45) is -3.44. The van der Waals surface area contributed by atoms with E-state index < -0.39 is 18.6 Å². The average molecular weight is 328 g/mol. The van der Waals surface area contributed by atoms with Gasteiger partial charge in [0, 0.05) is 25.1 Å². The number of nitrogens with one attached hydrogen (secondary N) is 1. The largest absolute Gasteiger partial charge is 0.406 e. The summed E-state index contributed by atoms with van der Waals surface area (Å²) in [4.78, 5) is 24.4. The summed E-state index contributed by atoms with van der Waals surface area (Å²) in [7, 11) is 0. The predicted octanol–water partition coefficient (Wildman–Crippen LogP) is 2.69. The number of benzene rings is 1. The predicted molar refractivity (Wildman–Crippen MR) is 81.0 cm³/mol. The van der Waals surface area contributed by atoms with Gasteiger partial charge in [0.1, 0.15) is 6.54 Å². The van der Waals surface area contributed by atoms with Crippen LogP contribution in [0.2, 0.25) is 0 Å². The first-order chi connectivity index (χ1) is 10.7. The normalized spacial score (nSPS) is 11.0. The zero-order valence-electron chi connectivity index (χ0n) is 12.8. The van der Waals surface area contributed by atoms with Crippen molar-refractivity contribution >= 4 is 11.8 Å². The minimum atomic E-state index is -4.47. The second-order valence-electron chi connectivity index (χ2n) is 5.00. The Morgan fingerprint density at radius 1 is 1.30 bits per heavy atom. The molecule has 0 saturated carbocycles. The Hall–Kier alpha value is -2.31. The Bertz CT molecular complexity index is 571. The summed E-state index contributed by atoms with van der Waals surface area (Å²) in [5, 5.41) is 2.54. The van der Waals surface area contributed by atoms with Crippen molar-refractivity contribution in [3.8, 4) is 0 Å². The summed E-state index contributed by atoms with van der Waals surface area (Å²) < 4.78 is 37.2. The third kappa shape index (κ3) is 6.54. The molecule has 0 aliphatic carbocycles. The highest BCUT2D eigenvalue weighted by Crippen LogP contribution is 2.17. The van der Waals surface area contributed by atoms with Crippen LogP contribution in [0.25, 0.3) is 0 Å². The number of hydrogen-bond acceptors (Lipinski definition) is 2. The van der Waals surface area contributed by atoms with Crippen LogP contribution in [0, 0.1) is 6.92 Å². The lowest BCUT2D eigenvalue weighted by molar-refractivity contribution is -0.160. The molecule has 0 aliphatic rings. The van der Waals surface area contributed by atoms with Crippen LogP contribution in [0.15, 0.2) is 36.9 Å². The fourth-order valence-corrected chi connectivity index (χ4v) is 1.99. The second kappa shape index (κ2) is 8.36. The molecule has 0 aromatic heterocycles. The first-order valence-corrected chi connectivity index (χ1v) is 7.04. The fraction of sp³-hybridized carbons (Fsp3) is 0.375. The molecular weight excluding hydrogens is 309 g/mol. The lowest BCUT2D eigenvalue weighted by atomic mass is 10.1. The van der Waals surface area contributed by atoms with Gasteiger partial charge in [-0.3, -0.25) is 9.59 Å². The minimum absolute atomic E-state index is 0.0303. The first-order valence-electron chi connectivity index (χ1n) is 7.04. The molecule has 126 valence electrons. The topological polar surface area (TPSA) is 49.4 Å². The van der Waals surface area contributed by atoms with E-state index in [-0.39, 0.29) is 25.4 Å². The Morgan fingerprint density at radius 3 is 2.52 bits per heavy atom. The van der Waals surface area contributed by atoms with Crippen molar-refractivity contribution < 1.29 is 22.8 Å². The van der Waals surface area contributed by atoms with Gasteiger partial charge in [0.05, 0.1) is 0 Å². The summed E-state index contributed by atoms with van der Waals surface area (Å²) >= 11 is 0. The van der Waals surface area contributed by atoms with Gasteiger partial charge in [-0.2, -0.15) is 13.2 Å². The molecule has 2 amide bonds. The average Bonchev–Trinajstić information content (AvgIpc) is 2.45. The number of hydrogen-bond donors (Lipinski definition) is 1. The minimum Gasteiger partial charge on any atom is -0.352 e. The zero-order valence-corrected chi connectivity index (χ0v) is 12.8. The van der Waals surface area contributed by atoms with Crippen LogP contribution in [0.4, 0.5) is 13.2 Å². The van der Waals surface area contributed by atoms with Crippen molar-refractivity contribution in [2.75, 3.05) is 19.6 Å². The summed E-state index contributed by atoms with van der Waals surface area (Å²) in [6.45, 7) is 3.56. The summed E-state index contributed by atoms with van der Waals surface area (Å²) in [5.41, 5.74) is 1.25. The number of carbonyl (C=O) groups excluding carboxylic acids is 2. The molecule has 0 spiro atoms. The number of aryl methyl sites for hydroxylation is 1. The van der Waals surface area contributed by atoms with E-state index in [9.17, 15) is 22.8 Å². The summed E-state index contributed by atoms with van der Waals surface area (Å²) in [5.74, 6) is -1.05. The van der Waals surface area contributed by atoms with Gasteiger partial charge in [-0.1, -0.05) is 24.3 Å². The molecule has 1 aromatic rings. The van der Waals surface area contributed by atoms with Crippen LogP contribution in [-0.4, -0.2) is 42.5 Å². The van der Waals surface area contributed by atoms with E-state index in [1.54, 1.807) is 31.2 Å². The van der Waals surface area contributed by atoms with Crippen molar-refractivity contribution in [2.24, 2.45) is 0 Å². The van der Waals surface area contributed by atoms with Crippen LogP contribution >= 0.6 is 0 Å². The molecule has 0 unspecified atom stereocenters. The van der Waals surface area contributed by atoms with E-state index in [0.717, 1.165) is 5.56 Å². The molecule has 0 saturated heterocycles. The molecule has 0 aliphatic heterocycles. The molecule has 1 N–H and O–H groups in total. The molecule has 23 heavy (non-hydrogen) atoms. The third-order valence-electron chi connectivity index (χ3n) is 3.09. The van der Waals surface area contributed by atoms with Gasteiger partial charge in [0.2, 0.25) is 5.91 Å². The molecule has 0 heterocycles. The van der Waals surface area contributed by atoms with Crippen LogP contribution in [0.3, 0.4) is 0 Å². The highest BCUT2D eigenvalue weighted by atomic mass is 19.4. The molecule has 4 nitrogen and oxygen atoms in total. The standard InChI is InChI=1S/C16H19F3N2O2/c1-3-10-21(11-16(17,18)19)14(22)8-9-20-15(23)13-7-5-4-6-12(13)2/h3-7H,1,8-11H2,2H3,(H,20,23).